The van der Waals surface area contributed by atoms with E-state index in [2.05, 4.69) is 44.6 Å². The second-order valence-electron chi connectivity index (χ2n) is 4.61. The SMILES string of the molecule is CN(CCNCc1cc(Br)cs1)CC1CC1. The maximum absolute atomic E-state index is 3.49. The zero-order valence-electron chi connectivity index (χ0n) is 9.71. The average Bonchev–Trinajstić information content (AvgIpc) is 2.95. The minimum atomic E-state index is 0.994. The van der Waals surface area contributed by atoms with Gasteiger partial charge in [-0.3, -0.25) is 0 Å². The van der Waals surface area contributed by atoms with Crippen molar-refractivity contribution >= 4 is 27.3 Å². The Morgan fingerprint density at radius 1 is 1.56 bits per heavy atom. The largest absolute Gasteiger partial charge is 0.311 e. The molecule has 0 saturated heterocycles. The Hall–Kier alpha value is 0.1000. The highest BCUT2D eigenvalue weighted by atomic mass is 79.9. The van der Waals surface area contributed by atoms with Gasteiger partial charge in [-0.1, -0.05) is 0 Å². The highest BCUT2D eigenvalue weighted by Gasteiger charge is 2.22. The van der Waals surface area contributed by atoms with Crippen molar-refractivity contribution in [2.45, 2.75) is 19.4 Å². The van der Waals surface area contributed by atoms with Crippen molar-refractivity contribution in [2.75, 3.05) is 26.7 Å². The van der Waals surface area contributed by atoms with Crippen molar-refractivity contribution < 1.29 is 0 Å². The van der Waals surface area contributed by atoms with Gasteiger partial charge >= 0.3 is 0 Å². The van der Waals surface area contributed by atoms with E-state index >= 15 is 0 Å². The fourth-order valence-electron chi connectivity index (χ4n) is 1.76. The van der Waals surface area contributed by atoms with Crippen LogP contribution in [0.4, 0.5) is 0 Å². The summed E-state index contributed by atoms with van der Waals surface area (Å²) < 4.78 is 1.19. The molecule has 90 valence electrons. The van der Waals surface area contributed by atoms with Gasteiger partial charge in [-0.25, -0.2) is 0 Å². The molecule has 1 aromatic heterocycles. The molecular formula is C12H19BrN2S. The first-order valence-corrected chi connectivity index (χ1v) is 7.53. The topological polar surface area (TPSA) is 15.3 Å². The molecule has 1 heterocycles. The van der Waals surface area contributed by atoms with Gasteiger partial charge in [0.1, 0.15) is 0 Å². The Morgan fingerprint density at radius 2 is 2.38 bits per heavy atom. The van der Waals surface area contributed by atoms with Crippen molar-refractivity contribution in [1.82, 2.24) is 10.2 Å². The molecule has 1 aliphatic carbocycles. The zero-order valence-corrected chi connectivity index (χ0v) is 12.1. The van der Waals surface area contributed by atoms with Gasteiger partial charge < -0.3 is 10.2 Å². The Labute approximate surface area is 110 Å². The Balaban J connectivity index is 1.54. The quantitative estimate of drug-likeness (QED) is 0.779. The van der Waals surface area contributed by atoms with Crippen molar-refractivity contribution in [2.24, 2.45) is 5.92 Å². The van der Waals surface area contributed by atoms with E-state index in [9.17, 15) is 0 Å². The lowest BCUT2D eigenvalue weighted by atomic mass is 10.4. The van der Waals surface area contributed by atoms with Crippen molar-refractivity contribution in [3.05, 3.63) is 20.8 Å². The minimum absolute atomic E-state index is 0.994. The molecule has 2 rings (SSSR count). The summed E-state index contributed by atoms with van der Waals surface area (Å²) in [6, 6.07) is 2.19. The summed E-state index contributed by atoms with van der Waals surface area (Å²) in [5.41, 5.74) is 0. The van der Waals surface area contributed by atoms with Gasteiger partial charge in [0.2, 0.25) is 0 Å². The lowest BCUT2D eigenvalue weighted by Gasteiger charge is -2.16. The van der Waals surface area contributed by atoms with E-state index < -0.39 is 0 Å². The fourth-order valence-corrected chi connectivity index (χ4v) is 3.18. The summed E-state index contributed by atoms with van der Waals surface area (Å²) in [5, 5.41) is 5.62. The predicted octanol–water partition coefficient (Wildman–Crippen LogP) is 2.94. The number of thiophene rings is 1. The summed E-state index contributed by atoms with van der Waals surface area (Å²) in [7, 11) is 2.22. The van der Waals surface area contributed by atoms with Crippen LogP contribution in [0.15, 0.2) is 15.9 Å². The summed E-state index contributed by atoms with van der Waals surface area (Å²) in [6.45, 7) is 4.52. The second kappa shape index (κ2) is 6.15. The van der Waals surface area contributed by atoms with Crippen LogP contribution in [0.25, 0.3) is 0 Å². The van der Waals surface area contributed by atoms with Crippen molar-refractivity contribution in [1.29, 1.82) is 0 Å². The van der Waals surface area contributed by atoms with E-state index in [0.717, 1.165) is 25.6 Å². The molecule has 1 aromatic rings. The number of rotatable bonds is 7. The average molecular weight is 303 g/mol. The van der Waals surface area contributed by atoms with E-state index in [1.807, 2.05) is 0 Å². The Morgan fingerprint density at radius 3 is 3.00 bits per heavy atom. The third kappa shape index (κ3) is 4.53. The van der Waals surface area contributed by atoms with E-state index in [1.165, 1.54) is 28.7 Å². The van der Waals surface area contributed by atoms with Crippen LogP contribution in [0.1, 0.15) is 17.7 Å². The number of halogens is 1. The number of nitrogens with one attached hydrogen (secondary N) is 1. The molecule has 1 saturated carbocycles. The number of hydrogen-bond acceptors (Lipinski definition) is 3. The van der Waals surface area contributed by atoms with E-state index in [0.29, 0.717) is 0 Å². The maximum Gasteiger partial charge on any atom is 0.0300 e. The predicted molar refractivity (Wildman–Crippen MR) is 73.9 cm³/mol. The van der Waals surface area contributed by atoms with E-state index in [4.69, 9.17) is 0 Å². The van der Waals surface area contributed by atoms with Crippen LogP contribution < -0.4 is 5.32 Å². The first-order valence-electron chi connectivity index (χ1n) is 5.86. The Kier molecular flexibility index (Phi) is 4.82. The highest BCUT2D eigenvalue weighted by molar-refractivity contribution is 9.10. The van der Waals surface area contributed by atoms with Gasteiger partial charge in [0.25, 0.3) is 0 Å². The molecule has 0 radical (unpaired) electrons. The fraction of sp³-hybridized carbons (Fsp3) is 0.667. The molecule has 0 aromatic carbocycles. The molecule has 0 aliphatic heterocycles. The van der Waals surface area contributed by atoms with Crippen LogP contribution in [0, 0.1) is 5.92 Å². The molecule has 2 nitrogen and oxygen atoms in total. The minimum Gasteiger partial charge on any atom is -0.311 e. The lowest BCUT2D eigenvalue weighted by Crippen LogP contribution is -2.30. The molecule has 16 heavy (non-hydrogen) atoms. The van der Waals surface area contributed by atoms with Gasteiger partial charge in [0.05, 0.1) is 0 Å². The Bertz CT molecular complexity index is 323. The van der Waals surface area contributed by atoms with Crippen LogP contribution in [0.5, 0.6) is 0 Å². The smallest absolute Gasteiger partial charge is 0.0300 e. The standard InChI is InChI=1S/C12H19BrN2S/c1-15(8-10-2-3-10)5-4-14-7-12-6-11(13)9-16-12/h6,9-10,14H,2-5,7-8H2,1H3. The van der Waals surface area contributed by atoms with Crippen molar-refractivity contribution in [3.8, 4) is 0 Å². The van der Waals surface area contributed by atoms with Crippen LogP contribution in [-0.2, 0) is 6.54 Å². The third-order valence-electron chi connectivity index (χ3n) is 2.86. The highest BCUT2D eigenvalue weighted by Crippen LogP contribution is 2.29. The molecule has 4 heteroatoms. The maximum atomic E-state index is 3.49. The van der Waals surface area contributed by atoms with Gasteiger partial charge in [-0.2, -0.15) is 0 Å². The molecule has 0 amide bonds. The van der Waals surface area contributed by atoms with E-state index in [1.54, 1.807) is 11.3 Å². The monoisotopic (exact) mass is 302 g/mol. The van der Waals surface area contributed by atoms with Gasteiger partial charge in [-0.05, 0) is 47.8 Å². The van der Waals surface area contributed by atoms with Crippen molar-refractivity contribution in [3.63, 3.8) is 0 Å². The van der Waals surface area contributed by atoms with E-state index in [-0.39, 0.29) is 0 Å². The molecule has 1 fully saturated rings. The van der Waals surface area contributed by atoms with Gasteiger partial charge in [0.15, 0.2) is 0 Å². The third-order valence-corrected chi connectivity index (χ3v) is 4.56. The first kappa shape index (κ1) is 12.6. The van der Waals surface area contributed by atoms with Crippen LogP contribution in [-0.4, -0.2) is 31.6 Å². The molecule has 0 spiro atoms. The number of likely N-dealkylation sites (N-methyl/N-ethyl adjacent to an activating group) is 1. The molecule has 1 aliphatic rings. The molecule has 0 unspecified atom stereocenters. The second-order valence-corrected chi connectivity index (χ2v) is 6.53. The molecular weight excluding hydrogens is 284 g/mol. The normalized spacial score (nSPS) is 15.9. The summed E-state index contributed by atoms with van der Waals surface area (Å²) >= 11 is 5.28. The van der Waals surface area contributed by atoms with Crippen LogP contribution in [0.2, 0.25) is 0 Å². The summed E-state index contributed by atoms with van der Waals surface area (Å²) in [4.78, 5) is 3.84. The number of hydrogen-bond donors (Lipinski definition) is 1. The lowest BCUT2D eigenvalue weighted by molar-refractivity contribution is 0.318. The summed E-state index contributed by atoms with van der Waals surface area (Å²) in [6.07, 6.45) is 2.89. The zero-order chi connectivity index (χ0) is 11.4. The first-order chi connectivity index (χ1) is 7.74. The van der Waals surface area contributed by atoms with Gasteiger partial charge in [-0.15, -0.1) is 11.3 Å². The molecule has 1 N–H and O–H groups in total. The van der Waals surface area contributed by atoms with Crippen LogP contribution >= 0.6 is 27.3 Å². The molecule has 0 atom stereocenters. The number of nitrogens with zero attached hydrogens (tertiary/aromatic N) is 1. The van der Waals surface area contributed by atoms with Gasteiger partial charge in [0, 0.05) is 40.9 Å². The summed E-state index contributed by atoms with van der Waals surface area (Å²) in [5.74, 6) is 0.998. The molecule has 0 bridgehead atoms. The van der Waals surface area contributed by atoms with Crippen LogP contribution in [0.3, 0.4) is 0 Å².